The van der Waals surface area contributed by atoms with Gasteiger partial charge < -0.3 is 9.73 Å². The number of fused-ring (bicyclic) bond motifs is 1. The molecule has 20 heavy (non-hydrogen) atoms. The van der Waals surface area contributed by atoms with Crippen molar-refractivity contribution in [1.82, 2.24) is 0 Å². The maximum absolute atomic E-state index is 13.8. The first kappa shape index (κ1) is 12.7. The molecule has 0 aliphatic heterocycles. The van der Waals surface area contributed by atoms with Gasteiger partial charge in [-0.3, -0.25) is 0 Å². The van der Waals surface area contributed by atoms with Crippen molar-refractivity contribution in [1.29, 1.82) is 5.26 Å². The highest BCUT2D eigenvalue weighted by Crippen LogP contribution is 2.34. The van der Waals surface area contributed by atoms with Crippen molar-refractivity contribution < 1.29 is 8.81 Å². The second-order valence-corrected chi connectivity index (χ2v) is 5.13. The predicted octanol–water partition coefficient (Wildman–Crippen LogP) is 4.09. The summed E-state index contributed by atoms with van der Waals surface area (Å²) in [5, 5.41) is 12.3. The summed E-state index contributed by atoms with van der Waals surface area (Å²) >= 11 is 0. The molecular weight excluding hydrogens is 255 g/mol. The summed E-state index contributed by atoms with van der Waals surface area (Å²) in [6, 6.07) is 7.04. The summed E-state index contributed by atoms with van der Waals surface area (Å²) in [6.45, 7) is 1.72. The van der Waals surface area contributed by atoms with Crippen LogP contribution in [0.25, 0.3) is 0 Å². The van der Waals surface area contributed by atoms with Crippen LogP contribution >= 0.6 is 0 Å². The molecule has 3 rings (SSSR count). The van der Waals surface area contributed by atoms with Crippen molar-refractivity contribution in [3.63, 3.8) is 0 Å². The molecule has 1 aromatic carbocycles. The number of rotatable bonds is 2. The van der Waals surface area contributed by atoms with Crippen LogP contribution in [-0.2, 0) is 6.42 Å². The Morgan fingerprint density at radius 3 is 3.10 bits per heavy atom. The molecule has 1 unspecified atom stereocenters. The molecule has 3 nitrogen and oxygen atoms in total. The fraction of sp³-hybridized carbons (Fsp3) is 0.312. The summed E-state index contributed by atoms with van der Waals surface area (Å²) in [4.78, 5) is 0. The molecule has 1 heterocycles. The molecule has 0 spiro atoms. The second-order valence-electron chi connectivity index (χ2n) is 5.13. The number of nitrogens with one attached hydrogen (secondary N) is 1. The zero-order valence-electron chi connectivity index (χ0n) is 11.2. The average Bonchev–Trinajstić information content (AvgIpc) is 2.93. The molecule has 1 aliphatic rings. The van der Waals surface area contributed by atoms with Gasteiger partial charge in [0, 0.05) is 23.2 Å². The Kier molecular flexibility index (Phi) is 3.19. The standard InChI is InChI=1S/C16H15FN2O/c1-10-13(17)7-11(9-18)8-15(10)19-14-3-2-4-16-12(14)5-6-20-16/h5-8,14,19H,2-4H2,1H3. The van der Waals surface area contributed by atoms with Crippen LogP contribution in [0.3, 0.4) is 0 Å². The second kappa shape index (κ2) is 5.01. The van der Waals surface area contributed by atoms with Crippen molar-refractivity contribution in [2.45, 2.75) is 32.2 Å². The van der Waals surface area contributed by atoms with E-state index in [1.165, 1.54) is 6.07 Å². The molecule has 0 amide bonds. The lowest BCUT2D eigenvalue weighted by Crippen LogP contribution is -2.16. The van der Waals surface area contributed by atoms with Gasteiger partial charge in [-0.15, -0.1) is 0 Å². The average molecular weight is 270 g/mol. The Bertz CT molecular complexity index is 684. The molecule has 1 atom stereocenters. The smallest absolute Gasteiger partial charge is 0.129 e. The van der Waals surface area contributed by atoms with Gasteiger partial charge in [0.2, 0.25) is 0 Å². The Morgan fingerprint density at radius 2 is 2.30 bits per heavy atom. The van der Waals surface area contributed by atoms with Crippen molar-refractivity contribution >= 4 is 5.69 Å². The van der Waals surface area contributed by atoms with Crippen LogP contribution in [0.4, 0.5) is 10.1 Å². The van der Waals surface area contributed by atoms with E-state index in [1.807, 2.05) is 12.1 Å². The fourth-order valence-electron chi connectivity index (χ4n) is 2.72. The van der Waals surface area contributed by atoms with Gasteiger partial charge in [-0.1, -0.05) is 0 Å². The quantitative estimate of drug-likeness (QED) is 0.894. The van der Waals surface area contributed by atoms with E-state index in [-0.39, 0.29) is 11.9 Å². The third-order valence-corrected chi connectivity index (χ3v) is 3.86. The number of furan rings is 1. The number of anilines is 1. The molecule has 1 aliphatic carbocycles. The van der Waals surface area contributed by atoms with Gasteiger partial charge in [-0.2, -0.15) is 5.26 Å². The molecule has 1 N–H and O–H groups in total. The molecule has 2 aromatic rings. The van der Waals surface area contributed by atoms with Crippen molar-refractivity contribution in [2.75, 3.05) is 5.32 Å². The monoisotopic (exact) mass is 270 g/mol. The van der Waals surface area contributed by atoms with E-state index in [4.69, 9.17) is 9.68 Å². The number of nitrogens with zero attached hydrogens (tertiary/aromatic N) is 1. The lowest BCUT2D eigenvalue weighted by Gasteiger charge is -2.24. The first-order valence-corrected chi connectivity index (χ1v) is 6.72. The minimum absolute atomic E-state index is 0.115. The number of halogens is 1. The van der Waals surface area contributed by atoms with Crippen LogP contribution in [0.5, 0.6) is 0 Å². The van der Waals surface area contributed by atoms with E-state index in [0.29, 0.717) is 16.8 Å². The summed E-state index contributed by atoms with van der Waals surface area (Å²) in [5.41, 5.74) is 2.69. The molecule has 0 saturated carbocycles. The number of hydrogen-bond acceptors (Lipinski definition) is 3. The van der Waals surface area contributed by atoms with E-state index in [9.17, 15) is 4.39 Å². The maximum atomic E-state index is 13.8. The van der Waals surface area contributed by atoms with E-state index >= 15 is 0 Å². The van der Waals surface area contributed by atoms with Crippen molar-refractivity contribution in [2.24, 2.45) is 0 Å². The molecule has 102 valence electrons. The Balaban J connectivity index is 1.94. The third-order valence-electron chi connectivity index (χ3n) is 3.86. The van der Waals surface area contributed by atoms with E-state index in [2.05, 4.69) is 5.32 Å². The topological polar surface area (TPSA) is 49.0 Å². The van der Waals surface area contributed by atoms with Gasteiger partial charge in [0.15, 0.2) is 0 Å². The minimum Gasteiger partial charge on any atom is -0.469 e. The van der Waals surface area contributed by atoms with Crippen molar-refractivity contribution in [3.8, 4) is 6.07 Å². The first-order chi connectivity index (χ1) is 9.69. The van der Waals surface area contributed by atoms with Gasteiger partial charge in [0.25, 0.3) is 0 Å². The highest BCUT2D eigenvalue weighted by molar-refractivity contribution is 5.57. The number of hydrogen-bond donors (Lipinski definition) is 1. The number of nitriles is 1. The van der Waals surface area contributed by atoms with Crippen LogP contribution in [0.15, 0.2) is 28.9 Å². The highest BCUT2D eigenvalue weighted by Gasteiger charge is 2.23. The van der Waals surface area contributed by atoms with Gasteiger partial charge in [0.05, 0.1) is 23.9 Å². The van der Waals surface area contributed by atoms with Crippen molar-refractivity contribution in [3.05, 3.63) is 52.7 Å². The number of benzene rings is 1. The molecular formula is C16H15FN2O. The fourth-order valence-corrected chi connectivity index (χ4v) is 2.72. The zero-order valence-corrected chi connectivity index (χ0v) is 11.2. The SMILES string of the molecule is Cc1c(F)cc(C#N)cc1NC1CCCc2occc21. The normalized spacial score (nSPS) is 17.4. The van der Waals surface area contributed by atoms with Crippen LogP contribution in [-0.4, -0.2) is 0 Å². The number of aryl methyl sites for hydroxylation is 1. The Labute approximate surface area is 117 Å². The molecule has 1 aromatic heterocycles. The van der Waals surface area contributed by atoms with Gasteiger partial charge in [-0.25, -0.2) is 4.39 Å². The first-order valence-electron chi connectivity index (χ1n) is 6.72. The van der Waals surface area contributed by atoms with Gasteiger partial charge in [-0.05, 0) is 38.0 Å². The zero-order chi connectivity index (χ0) is 14.1. The Hall–Kier alpha value is -2.28. The van der Waals surface area contributed by atoms with E-state index < -0.39 is 0 Å². The third kappa shape index (κ3) is 2.16. The largest absolute Gasteiger partial charge is 0.469 e. The van der Waals surface area contributed by atoms with Crippen LogP contribution < -0.4 is 5.32 Å². The van der Waals surface area contributed by atoms with Crippen LogP contribution in [0, 0.1) is 24.1 Å². The maximum Gasteiger partial charge on any atom is 0.129 e. The van der Waals surface area contributed by atoms with E-state index in [0.717, 1.165) is 30.6 Å². The summed E-state index contributed by atoms with van der Waals surface area (Å²) in [7, 11) is 0. The highest BCUT2D eigenvalue weighted by atomic mass is 19.1. The molecule has 0 fully saturated rings. The summed E-state index contributed by atoms with van der Waals surface area (Å²) in [5.74, 6) is 0.651. The molecule has 0 saturated heterocycles. The van der Waals surface area contributed by atoms with Gasteiger partial charge in [0.1, 0.15) is 11.6 Å². The van der Waals surface area contributed by atoms with Gasteiger partial charge >= 0.3 is 0 Å². The minimum atomic E-state index is -0.352. The molecule has 0 radical (unpaired) electrons. The molecule has 4 heteroatoms. The van der Waals surface area contributed by atoms with E-state index in [1.54, 1.807) is 19.3 Å². The lowest BCUT2D eigenvalue weighted by molar-refractivity contribution is 0.461. The van der Waals surface area contributed by atoms with Crippen LogP contribution in [0.2, 0.25) is 0 Å². The predicted molar refractivity (Wildman–Crippen MR) is 73.9 cm³/mol. The Morgan fingerprint density at radius 1 is 1.45 bits per heavy atom. The molecule has 0 bridgehead atoms. The summed E-state index contributed by atoms with van der Waals surface area (Å²) in [6.07, 6.45) is 4.66. The lowest BCUT2D eigenvalue weighted by atomic mass is 9.93. The van der Waals surface area contributed by atoms with Crippen LogP contribution in [0.1, 0.15) is 41.3 Å². The summed E-state index contributed by atoms with van der Waals surface area (Å²) < 4.78 is 19.3.